The number of anilines is 1. The minimum absolute atomic E-state index is 0.0134. The number of aliphatic hydroxyl groups is 2. The summed E-state index contributed by atoms with van der Waals surface area (Å²) in [4.78, 5) is 30.4. The van der Waals surface area contributed by atoms with Crippen LogP contribution in [0.5, 0.6) is 11.5 Å². The molecule has 2 aliphatic rings. The Morgan fingerprint density at radius 2 is 2.06 bits per heavy atom. The van der Waals surface area contributed by atoms with Gasteiger partial charge >= 0.3 is 19.5 Å². The number of carbonyl (C=O) groups is 1. The number of phosphoric acid groups is 1. The summed E-state index contributed by atoms with van der Waals surface area (Å²) in [6, 6.07) is 13.3. The smallest absolute Gasteiger partial charge is 0.496 e. The second-order valence-corrected chi connectivity index (χ2v) is 12.5. The Labute approximate surface area is 279 Å². The van der Waals surface area contributed by atoms with Crippen molar-refractivity contribution in [2.24, 2.45) is 0 Å². The van der Waals surface area contributed by atoms with E-state index in [1.165, 1.54) is 43.5 Å². The highest BCUT2D eigenvalue weighted by Gasteiger charge is 2.64. The zero-order valence-corrected chi connectivity index (χ0v) is 27.1. The molecule has 2 saturated heterocycles. The van der Waals surface area contributed by atoms with Crippen molar-refractivity contribution in [3.8, 4) is 17.6 Å². The summed E-state index contributed by atoms with van der Waals surface area (Å²) in [6.45, 7) is -0.978. The Bertz CT molecular complexity index is 1780. The predicted molar refractivity (Wildman–Crippen MR) is 166 cm³/mol. The molecule has 2 aromatic carbocycles. The average molecular weight is 707 g/mol. The molecule has 1 aromatic heterocycles. The predicted octanol–water partition coefficient (Wildman–Crippen LogP) is 3.28. The monoisotopic (exact) mass is 706 g/mol. The number of benzene rings is 2. The van der Waals surface area contributed by atoms with Crippen molar-refractivity contribution in [3.05, 3.63) is 81.4 Å². The number of aliphatic hydroxyl groups excluding tert-OH is 1. The normalized spacial score (nSPS) is 24.8. The number of rotatable bonds is 13. The van der Waals surface area contributed by atoms with E-state index >= 15 is 0 Å². The van der Waals surface area contributed by atoms with Gasteiger partial charge in [0.1, 0.15) is 23.4 Å². The van der Waals surface area contributed by atoms with Crippen LogP contribution in [-0.2, 0) is 27.8 Å². The number of esters is 1. The minimum Gasteiger partial charge on any atom is -0.496 e. The van der Waals surface area contributed by atoms with E-state index in [0.29, 0.717) is 24.3 Å². The van der Waals surface area contributed by atoms with Crippen molar-refractivity contribution in [1.29, 1.82) is 5.26 Å². The van der Waals surface area contributed by atoms with Gasteiger partial charge in [-0.3, -0.25) is 9.09 Å². The van der Waals surface area contributed by atoms with Crippen LogP contribution in [0.15, 0.2) is 59.5 Å². The Kier molecular flexibility index (Phi) is 11.0. The Balaban J connectivity index is 1.57. The molecule has 2 aliphatic heterocycles. The van der Waals surface area contributed by atoms with E-state index in [-0.39, 0.29) is 34.7 Å². The molecular formula is C30H32ClN4O12P. The van der Waals surface area contributed by atoms with Crippen molar-refractivity contribution < 1.29 is 52.1 Å². The molecule has 0 bridgehead atoms. The summed E-state index contributed by atoms with van der Waals surface area (Å²) < 4.78 is 54.3. The number of hydrogen-bond donors (Lipinski definition) is 3. The number of carbonyl (C=O) groups excluding carboxylic acids is 1. The van der Waals surface area contributed by atoms with Crippen LogP contribution in [0.25, 0.3) is 0 Å². The Morgan fingerprint density at radius 1 is 1.27 bits per heavy atom. The molecule has 16 nitrogen and oxygen atoms in total. The molecule has 5 rings (SSSR count). The number of halogens is 1. The molecule has 4 N–H and O–H groups in total. The van der Waals surface area contributed by atoms with Gasteiger partial charge in [-0.1, -0.05) is 23.7 Å². The van der Waals surface area contributed by atoms with Crippen molar-refractivity contribution >= 4 is 31.2 Å². The molecule has 256 valence electrons. The van der Waals surface area contributed by atoms with Crippen molar-refractivity contribution in [1.82, 2.24) is 9.55 Å². The molecule has 2 fully saturated rings. The molecule has 0 spiro atoms. The van der Waals surface area contributed by atoms with E-state index in [1.807, 2.05) is 6.07 Å². The summed E-state index contributed by atoms with van der Waals surface area (Å²) in [6.07, 6.45) is -3.58. The van der Waals surface area contributed by atoms with E-state index in [1.54, 1.807) is 12.1 Å². The van der Waals surface area contributed by atoms with Gasteiger partial charge < -0.3 is 39.4 Å². The van der Waals surface area contributed by atoms with Gasteiger partial charge in [0.15, 0.2) is 6.23 Å². The third-order valence-electron chi connectivity index (χ3n) is 7.47. The number of phosphoric ester groups is 1. The maximum atomic E-state index is 14.2. The number of ether oxygens (including phenoxy) is 4. The maximum Gasteiger partial charge on any atom is 0.532 e. The lowest BCUT2D eigenvalue weighted by Gasteiger charge is -2.34. The lowest BCUT2D eigenvalue weighted by molar-refractivity contribution is -0.225. The van der Waals surface area contributed by atoms with Gasteiger partial charge in [0.25, 0.3) is 0 Å². The lowest BCUT2D eigenvalue weighted by Crippen LogP contribution is -2.53. The number of hydrogen-bond acceptors (Lipinski definition) is 15. The molecule has 0 amide bonds. The first-order chi connectivity index (χ1) is 23.0. The van der Waals surface area contributed by atoms with E-state index in [0.717, 1.165) is 17.2 Å². The molecule has 3 aromatic rings. The number of nitrogen functional groups attached to an aromatic ring is 1. The zero-order valence-electron chi connectivity index (χ0n) is 25.5. The third kappa shape index (κ3) is 7.49. The van der Waals surface area contributed by atoms with E-state index in [4.69, 9.17) is 55.1 Å². The molecular weight excluding hydrogens is 675 g/mol. The summed E-state index contributed by atoms with van der Waals surface area (Å²) in [5.41, 5.74) is 5.23. The minimum atomic E-state index is -5.01. The molecule has 0 radical (unpaired) electrons. The fraction of sp³-hybridized carbons (Fsp3) is 0.400. The highest BCUT2D eigenvalue weighted by molar-refractivity contribution is 7.49. The van der Waals surface area contributed by atoms with Crippen LogP contribution >= 0.6 is 19.4 Å². The summed E-state index contributed by atoms with van der Waals surface area (Å²) in [7, 11) is -3.54. The molecule has 6 atom stereocenters. The molecule has 18 heteroatoms. The van der Waals surface area contributed by atoms with Crippen LogP contribution in [0, 0.1) is 11.3 Å². The number of nitriles is 1. The molecule has 0 saturated carbocycles. The fourth-order valence-electron chi connectivity index (χ4n) is 5.19. The van der Waals surface area contributed by atoms with Crippen LogP contribution in [0.3, 0.4) is 0 Å². The topological polar surface area (TPSA) is 224 Å². The molecule has 3 heterocycles. The van der Waals surface area contributed by atoms with Crippen LogP contribution in [0.4, 0.5) is 5.82 Å². The third-order valence-corrected chi connectivity index (χ3v) is 9.21. The number of para-hydroxylation sites is 1. The Morgan fingerprint density at radius 3 is 2.73 bits per heavy atom. The molecule has 48 heavy (non-hydrogen) atoms. The standard InChI is InChI=1S/C30H32ClN4O12P/c1-41-21-10-9-18(16-19(21)22-8-4-14-42-22)28(37)45-26-27(35-13-11-25(33)34-29(35)38)44-24(17-36)30(26,39)47-48(40,43-15-5-12-32)46-23-7-3-2-6-20(23)31/h2-3,6-7,9-11,13,16,22,24,26-27,36,39H,4-5,8,14-15,17H2,1H3,(H2,33,34,38)/t22?,24-,26?,27-,30?,48?/m1/s1. The summed E-state index contributed by atoms with van der Waals surface area (Å²) in [5, 5.41) is 31.5. The first kappa shape index (κ1) is 35.3. The highest BCUT2D eigenvalue weighted by Crippen LogP contribution is 2.57. The van der Waals surface area contributed by atoms with Gasteiger partial charge in [-0.15, -0.1) is 0 Å². The van der Waals surface area contributed by atoms with Gasteiger partial charge in [0.05, 0.1) is 49.5 Å². The second-order valence-electron chi connectivity index (χ2n) is 10.6. The second kappa shape index (κ2) is 15.0. The number of methoxy groups -OCH3 is 1. The summed E-state index contributed by atoms with van der Waals surface area (Å²) >= 11 is 6.20. The van der Waals surface area contributed by atoms with Crippen molar-refractivity contribution in [2.75, 3.05) is 32.7 Å². The van der Waals surface area contributed by atoms with Gasteiger partial charge in [0.2, 0.25) is 11.9 Å². The van der Waals surface area contributed by atoms with Crippen LogP contribution in [0.2, 0.25) is 5.02 Å². The fourth-order valence-corrected chi connectivity index (χ4v) is 6.86. The SMILES string of the molecule is COc1ccc(C(=O)OC2[C@H](n3ccc(N)nc3=O)O[C@H](CO)C2(O)OP(=O)(OCCC#N)Oc2ccccc2Cl)cc1C1CCCO1. The largest absolute Gasteiger partial charge is 0.532 e. The average Bonchev–Trinajstić information content (AvgIpc) is 3.69. The van der Waals surface area contributed by atoms with Crippen LogP contribution in [-0.4, -0.2) is 70.7 Å². The maximum absolute atomic E-state index is 14.2. The zero-order chi connectivity index (χ0) is 34.5. The number of nitrogens with zero attached hydrogens (tertiary/aromatic N) is 3. The molecule has 0 aliphatic carbocycles. The van der Waals surface area contributed by atoms with Gasteiger partial charge in [-0.2, -0.15) is 10.2 Å². The van der Waals surface area contributed by atoms with Gasteiger partial charge in [-0.05, 0) is 49.2 Å². The Hall–Kier alpha value is -4.04. The van der Waals surface area contributed by atoms with Gasteiger partial charge in [-0.25, -0.2) is 18.7 Å². The number of aromatic nitrogens is 2. The van der Waals surface area contributed by atoms with E-state index in [9.17, 15) is 24.4 Å². The summed E-state index contributed by atoms with van der Waals surface area (Å²) in [5.74, 6) is -3.93. The van der Waals surface area contributed by atoms with E-state index in [2.05, 4.69) is 4.98 Å². The van der Waals surface area contributed by atoms with Crippen molar-refractivity contribution in [3.63, 3.8) is 0 Å². The lowest BCUT2D eigenvalue weighted by atomic mass is 10.0. The van der Waals surface area contributed by atoms with Gasteiger partial charge in [0, 0.05) is 18.4 Å². The highest BCUT2D eigenvalue weighted by atomic mass is 35.5. The quantitative estimate of drug-likeness (QED) is 0.100. The first-order valence-corrected chi connectivity index (χ1v) is 16.5. The van der Waals surface area contributed by atoms with E-state index < -0.39 is 56.9 Å². The number of nitrogens with two attached hydrogens (primary N) is 1. The molecule has 4 unspecified atom stereocenters. The van der Waals surface area contributed by atoms with Crippen LogP contribution in [0.1, 0.15) is 47.5 Å². The van der Waals surface area contributed by atoms with Crippen molar-refractivity contribution in [2.45, 2.75) is 49.6 Å². The van der Waals surface area contributed by atoms with Crippen LogP contribution < -0.4 is 20.7 Å². The first-order valence-electron chi connectivity index (χ1n) is 14.6.